The molecule has 0 atom stereocenters. The van der Waals surface area contributed by atoms with Gasteiger partial charge in [0.15, 0.2) is 0 Å². The second-order valence-corrected chi connectivity index (χ2v) is 8.30. The Morgan fingerprint density at radius 2 is 1.65 bits per heavy atom. The lowest BCUT2D eigenvalue weighted by Crippen LogP contribution is -2.37. The van der Waals surface area contributed by atoms with E-state index in [-0.39, 0.29) is 24.8 Å². The largest absolute Gasteiger partial charge is 0.496 e. The first-order valence-electron chi connectivity index (χ1n) is 11.6. The first-order chi connectivity index (χ1) is 16.5. The molecule has 1 heterocycles. The number of para-hydroxylation sites is 1. The summed E-state index contributed by atoms with van der Waals surface area (Å²) >= 11 is 0. The molecule has 0 saturated heterocycles. The van der Waals surface area contributed by atoms with Gasteiger partial charge in [0.05, 0.1) is 32.7 Å². The summed E-state index contributed by atoms with van der Waals surface area (Å²) in [7, 11) is 3.34. The number of pyridine rings is 1. The summed E-state index contributed by atoms with van der Waals surface area (Å²) in [6.07, 6.45) is 5.52. The van der Waals surface area contributed by atoms with E-state index in [4.69, 9.17) is 9.47 Å². The van der Waals surface area contributed by atoms with Crippen molar-refractivity contribution in [3.63, 3.8) is 0 Å². The molecule has 2 N–H and O–H groups in total. The highest BCUT2D eigenvalue weighted by Gasteiger charge is 2.11. The van der Waals surface area contributed by atoms with Crippen LogP contribution in [0.2, 0.25) is 0 Å². The molecule has 34 heavy (non-hydrogen) atoms. The number of aryl methyl sites for hydroxylation is 1. The molecule has 0 radical (unpaired) electrons. The van der Waals surface area contributed by atoms with Gasteiger partial charge >= 0.3 is 0 Å². The van der Waals surface area contributed by atoms with E-state index < -0.39 is 0 Å². The van der Waals surface area contributed by atoms with Gasteiger partial charge in [0, 0.05) is 23.7 Å². The summed E-state index contributed by atoms with van der Waals surface area (Å²) in [6, 6.07) is 13.7. The zero-order chi connectivity index (χ0) is 24.3. The molecule has 0 saturated carbocycles. The van der Waals surface area contributed by atoms with Crippen LogP contribution in [0.3, 0.4) is 0 Å². The zero-order valence-corrected chi connectivity index (χ0v) is 20.1. The third kappa shape index (κ3) is 7.20. The highest BCUT2D eigenvalue weighted by Crippen LogP contribution is 2.31. The van der Waals surface area contributed by atoms with Gasteiger partial charge in [0.2, 0.25) is 11.8 Å². The summed E-state index contributed by atoms with van der Waals surface area (Å²) < 4.78 is 11.0. The topological polar surface area (TPSA) is 89.5 Å². The van der Waals surface area contributed by atoms with Gasteiger partial charge in [-0.2, -0.15) is 0 Å². The molecule has 1 aromatic heterocycles. The van der Waals surface area contributed by atoms with Gasteiger partial charge < -0.3 is 20.1 Å². The number of carbonyl (C=O) groups excluding carboxylic acids is 2. The Bertz CT molecular complexity index is 1100. The summed E-state index contributed by atoms with van der Waals surface area (Å²) in [6.45, 7) is 2.56. The van der Waals surface area contributed by atoms with E-state index in [0.29, 0.717) is 6.54 Å². The highest BCUT2D eigenvalue weighted by atomic mass is 16.5. The number of aromatic nitrogens is 1. The maximum atomic E-state index is 12.2. The first kappa shape index (κ1) is 25.0. The molecule has 180 valence electrons. The Labute approximate surface area is 200 Å². The van der Waals surface area contributed by atoms with Crippen LogP contribution in [-0.4, -0.2) is 44.1 Å². The molecule has 7 nitrogen and oxygen atoms in total. The predicted molar refractivity (Wildman–Crippen MR) is 133 cm³/mol. The van der Waals surface area contributed by atoms with Crippen LogP contribution in [0.5, 0.6) is 11.5 Å². The van der Waals surface area contributed by atoms with Crippen molar-refractivity contribution in [1.29, 1.82) is 0 Å². The fourth-order valence-corrected chi connectivity index (χ4v) is 3.90. The van der Waals surface area contributed by atoms with Crippen molar-refractivity contribution in [1.82, 2.24) is 15.6 Å². The number of benzene rings is 2. The number of amides is 2. The van der Waals surface area contributed by atoms with Gasteiger partial charge in [-0.25, -0.2) is 0 Å². The van der Waals surface area contributed by atoms with Crippen molar-refractivity contribution in [3.8, 4) is 11.5 Å². The molecule has 0 bridgehead atoms. The van der Waals surface area contributed by atoms with Crippen LogP contribution < -0.4 is 20.1 Å². The normalized spacial score (nSPS) is 10.7. The van der Waals surface area contributed by atoms with Gasteiger partial charge in [0.25, 0.3) is 0 Å². The lowest BCUT2D eigenvalue weighted by Gasteiger charge is -2.14. The van der Waals surface area contributed by atoms with E-state index in [2.05, 4.69) is 15.6 Å². The van der Waals surface area contributed by atoms with E-state index in [9.17, 15) is 9.59 Å². The number of carbonyl (C=O) groups is 2. The van der Waals surface area contributed by atoms with Crippen molar-refractivity contribution in [2.75, 3.05) is 27.3 Å². The molecule has 0 aliphatic carbocycles. The SMILES string of the molecule is COc1cc(C)cc(OC)c1CCCCCNC(=O)CNC(=O)Cc1cnc2ccccc2c1. The van der Waals surface area contributed by atoms with Crippen molar-refractivity contribution in [2.45, 2.75) is 39.0 Å². The number of hydrogen-bond donors (Lipinski definition) is 2. The number of rotatable bonds is 12. The fraction of sp³-hybridized carbons (Fsp3) is 0.370. The summed E-state index contributed by atoms with van der Waals surface area (Å²) in [5, 5.41) is 6.53. The van der Waals surface area contributed by atoms with Gasteiger partial charge in [-0.15, -0.1) is 0 Å². The number of fused-ring (bicyclic) bond motifs is 1. The molecule has 0 aliphatic rings. The van der Waals surface area contributed by atoms with E-state index in [1.54, 1.807) is 20.4 Å². The van der Waals surface area contributed by atoms with E-state index in [1.807, 2.05) is 49.4 Å². The average molecular weight is 464 g/mol. The predicted octanol–water partition coefficient (Wildman–Crippen LogP) is 3.75. The molecule has 0 unspecified atom stereocenters. The maximum Gasteiger partial charge on any atom is 0.239 e. The molecular weight excluding hydrogens is 430 g/mol. The van der Waals surface area contributed by atoms with Crippen LogP contribution >= 0.6 is 0 Å². The van der Waals surface area contributed by atoms with Crippen LogP contribution in [0.25, 0.3) is 10.9 Å². The molecular formula is C27H33N3O4. The Hall–Kier alpha value is -3.61. The van der Waals surface area contributed by atoms with Crippen molar-refractivity contribution in [3.05, 3.63) is 65.4 Å². The Balaban J connectivity index is 1.32. The Kier molecular flexibility index (Phi) is 9.26. The third-order valence-corrected chi connectivity index (χ3v) is 5.64. The Morgan fingerprint density at radius 1 is 0.912 bits per heavy atom. The van der Waals surface area contributed by atoms with Gasteiger partial charge in [-0.05, 0) is 61.6 Å². The molecule has 3 aromatic rings. The van der Waals surface area contributed by atoms with Crippen LogP contribution in [0, 0.1) is 6.92 Å². The molecule has 0 spiro atoms. The number of nitrogens with zero attached hydrogens (tertiary/aromatic N) is 1. The minimum Gasteiger partial charge on any atom is -0.496 e. The molecule has 7 heteroatoms. The lowest BCUT2D eigenvalue weighted by atomic mass is 10.0. The summed E-state index contributed by atoms with van der Waals surface area (Å²) in [5.74, 6) is 1.31. The summed E-state index contributed by atoms with van der Waals surface area (Å²) in [4.78, 5) is 28.6. The Morgan fingerprint density at radius 3 is 2.38 bits per heavy atom. The molecule has 0 aliphatic heterocycles. The second kappa shape index (κ2) is 12.6. The van der Waals surface area contributed by atoms with Crippen LogP contribution in [0.1, 0.15) is 36.0 Å². The van der Waals surface area contributed by atoms with Gasteiger partial charge in [-0.3, -0.25) is 14.6 Å². The van der Waals surface area contributed by atoms with Crippen LogP contribution in [0.15, 0.2) is 48.7 Å². The van der Waals surface area contributed by atoms with Crippen molar-refractivity contribution in [2.24, 2.45) is 0 Å². The van der Waals surface area contributed by atoms with Crippen LogP contribution in [0.4, 0.5) is 0 Å². The number of hydrogen-bond acceptors (Lipinski definition) is 5. The standard InChI is InChI=1S/C27H33N3O4/c1-19-13-24(33-2)22(25(14-19)34-3)10-5-4-8-12-28-27(32)18-30-26(31)16-20-15-21-9-6-7-11-23(21)29-17-20/h6-7,9,11,13-15,17H,4-5,8,10,12,16,18H2,1-3H3,(H,28,32)(H,30,31). The fourth-order valence-electron chi connectivity index (χ4n) is 3.90. The molecule has 2 amide bonds. The first-order valence-corrected chi connectivity index (χ1v) is 11.6. The quantitative estimate of drug-likeness (QED) is 0.399. The minimum absolute atomic E-state index is 0.0302. The maximum absolute atomic E-state index is 12.2. The number of unbranched alkanes of at least 4 members (excludes halogenated alkanes) is 2. The number of methoxy groups -OCH3 is 2. The molecule has 0 fully saturated rings. The van der Waals surface area contributed by atoms with Gasteiger partial charge in [0.1, 0.15) is 11.5 Å². The summed E-state index contributed by atoms with van der Waals surface area (Å²) in [5.41, 5.74) is 3.88. The average Bonchev–Trinajstić information content (AvgIpc) is 2.84. The molecule has 3 rings (SSSR count). The van der Waals surface area contributed by atoms with Gasteiger partial charge in [-0.1, -0.05) is 24.6 Å². The van der Waals surface area contributed by atoms with E-state index in [1.165, 1.54) is 0 Å². The smallest absolute Gasteiger partial charge is 0.239 e. The minimum atomic E-state index is -0.201. The van der Waals surface area contributed by atoms with Crippen LogP contribution in [-0.2, 0) is 22.4 Å². The van der Waals surface area contributed by atoms with E-state index in [0.717, 1.165) is 64.8 Å². The third-order valence-electron chi connectivity index (χ3n) is 5.64. The highest BCUT2D eigenvalue weighted by molar-refractivity contribution is 5.86. The lowest BCUT2D eigenvalue weighted by molar-refractivity contribution is -0.125. The zero-order valence-electron chi connectivity index (χ0n) is 20.1. The van der Waals surface area contributed by atoms with Crippen molar-refractivity contribution < 1.29 is 19.1 Å². The number of ether oxygens (including phenoxy) is 2. The van der Waals surface area contributed by atoms with E-state index >= 15 is 0 Å². The monoisotopic (exact) mass is 463 g/mol. The number of nitrogens with one attached hydrogen (secondary N) is 2. The second-order valence-electron chi connectivity index (χ2n) is 8.30. The van der Waals surface area contributed by atoms with Crippen molar-refractivity contribution >= 4 is 22.7 Å². The molecule has 2 aromatic carbocycles.